The van der Waals surface area contributed by atoms with Gasteiger partial charge in [-0.1, -0.05) is 13.1 Å². The van der Waals surface area contributed by atoms with Gasteiger partial charge in [0.1, 0.15) is 0 Å². The highest BCUT2D eigenvalue weighted by atomic mass is 30.4. The average molecular weight is 1680 g/mol. The Morgan fingerprint density at radius 3 is 0.949 bits per heavy atom. The van der Waals surface area contributed by atoms with Gasteiger partial charge >= 0.3 is 108 Å². The van der Waals surface area contributed by atoms with Crippen LogP contribution >= 0.6 is 0 Å². The molecule has 34 nitrogen and oxygen atoms in total. The van der Waals surface area contributed by atoms with Gasteiger partial charge in [-0.2, -0.15) is 0 Å². The molecular weight excluding hydrogens is 1640 g/mol. The Labute approximate surface area is 512 Å². The summed E-state index contributed by atoms with van der Waals surface area (Å²) in [5.74, 6) is 0. The standard InChI is InChI=1S/C9H49O34Si35/c1-64(2)68(9,30)77(63-29,37-50-16)78(76(61-27,62-28)36-49-15,42-71(55-21,56-22)33-46-12)72(39-65(3)38-66(4,5)6,67(7,8)40-69(51-17,52-18)31-44-10)43-73(74(57-23,58-24)34-47-13,75(59-25,60-26)35-48-14)41-70(53-19,54-20)32-45-11/h10-30,65H,1-9H3. The van der Waals surface area contributed by atoms with E-state index in [1.54, 1.807) is 19.6 Å². The highest BCUT2D eigenvalue weighted by molar-refractivity contribution is 8.16. The van der Waals surface area contributed by atoms with Crippen molar-refractivity contribution in [3.8, 4) is 0 Å². The second kappa shape index (κ2) is 37.1. The largest absolute Gasteiger partial charge is 0.439 e. The number of rotatable bonds is 47. The van der Waals surface area contributed by atoms with Crippen molar-refractivity contribution < 1.29 is 154 Å². The van der Waals surface area contributed by atoms with Crippen LogP contribution in [-0.4, -0.2) is 405 Å². The smallest absolute Gasteiger partial charge is 0.420 e. The molecule has 0 fully saturated rings. The topological polar surface area (TPSA) is 545 Å². The number of hydrogen-bond acceptors (Lipinski definition) is 34. The van der Waals surface area contributed by atoms with E-state index in [0.717, 1.165) is 13.1 Å². The summed E-state index contributed by atoms with van der Waals surface area (Å²) in [6, 6.07) is 0. The summed E-state index contributed by atoms with van der Waals surface area (Å²) in [7, 11) is -86.3. The second-order valence-electron chi connectivity index (χ2n) is 16.2. The van der Waals surface area contributed by atoms with Crippen LogP contribution in [0.25, 0.3) is 0 Å². The summed E-state index contributed by atoms with van der Waals surface area (Å²) < 4.78 is 86.1. The zero-order chi connectivity index (χ0) is 61.0. The predicted molar refractivity (Wildman–Crippen MR) is 316 cm³/mol. The van der Waals surface area contributed by atoms with Crippen LogP contribution in [0.3, 0.4) is 0 Å². The van der Waals surface area contributed by atoms with Gasteiger partial charge in [0.25, 0.3) is 85.6 Å². The van der Waals surface area contributed by atoms with Gasteiger partial charge in [-0.3, -0.25) is 0 Å². The molecule has 0 heterocycles. The molecule has 0 aliphatic heterocycles. The lowest BCUT2D eigenvalue weighted by molar-refractivity contribution is 0.298. The number of hydrogen-bond donors (Lipinski definition) is 21. The molecule has 5 unspecified atom stereocenters. The fraction of sp³-hybridized carbons (Fsp3) is 1.00. The summed E-state index contributed by atoms with van der Waals surface area (Å²) in [5.41, 5.74) is 0. The van der Waals surface area contributed by atoms with E-state index in [9.17, 15) is 101 Å². The summed E-state index contributed by atoms with van der Waals surface area (Å²) in [5, 5.41) is 0. The molecule has 429 valence electrons. The third kappa shape index (κ3) is 17.5. The van der Waals surface area contributed by atoms with Crippen LogP contribution in [0.5, 0.6) is 0 Å². The quantitative estimate of drug-likeness (QED) is 0.0252. The lowest BCUT2D eigenvalue weighted by Crippen LogP contribution is -3.09. The van der Waals surface area contributed by atoms with E-state index in [2.05, 4.69) is 0 Å². The molecule has 21 N–H and O–H groups in total. The van der Waals surface area contributed by atoms with Crippen molar-refractivity contribution in [2.75, 3.05) is 0 Å². The molecule has 0 aromatic rings. The molecule has 0 saturated heterocycles. The van der Waals surface area contributed by atoms with Crippen molar-refractivity contribution >= 4 is 304 Å². The molecule has 0 amide bonds. The van der Waals surface area contributed by atoms with E-state index in [4.69, 9.17) is 53.5 Å². The van der Waals surface area contributed by atoms with Gasteiger partial charge in [0, 0.05) is 0 Å². The summed E-state index contributed by atoms with van der Waals surface area (Å²) in [6.45, 7) is -17.0. The maximum absolute atomic E-state index is 13.9. The van der Waals surface area contributed by atoms with Crippen LogP contribution in [0.4, 0.5) is 0 Å². The predicted octanol–water partition coefficient (Wildman–Crippen LogP) is -20.9. The van der Waals surface area contributed by atoms with E-state index < -0.39 is 304 Å². The normalized spacial score (nSPS) is 17.7. The van der Waals surface area contributed by atoms with Crippen molar-refractivity contribution in [3.05, 3.63) is 0 Å². The van der Waals surface area contributed by atoms with Crippen molar-refractivity contribution in [2.24, 2.45) is 0 Å². The van der Waals surface area contributed by atoms with Crippen molar-refractivity contribution in [1.29, 1.82) is 0 Å². The van der Waals surface area contributed by atoms with Crippen molar-refractivity contribution in [1.82, 2.24) is 0 Å². The Balaban J connectivity index is 12.6. The second-order valence-corrected chi connectivity index (χ2v) is 161. The Kier molecular flexibility index (Phi) is 40.0. The van der Waals surface area contributed by atoms with E-state index in [1.807, 2.05) is 0 Å². The van der Waals surface area contributed by atoms with E-state index in [-0.39, 0.29) is 0 Å². The molecular formula is C9H49O34Si35. The van der Waals surface area contributed by atoms with Crippen LogP contribution in [0.2, 0.25) is 58.9 Å². The molecule has 0 aliphatic carbocycles. The summed E-state index contributed by atoms with van der Waals surface area (Å²) in [4.78, 5) is 245. The lowest BCUT2D eigenvalue weighted by atomic mass is 11.8. The van der Waals surface area contributed by atoms with Gasteiger partial charge in [0.2, 0.25) is 86.5 Å². The zero-order valence-corrected chi connectivity index (χ0v) is 76.4. The lowest BCUT2D eigenvalue weighted by Gasteiger charge is -2.67. The first-order valence-corrected chi connectivity index (χ1v) is 91.2. The minimum absolute atomic E-state index is 1.16. The zero-order valence-electron chi connectivity index (χ0n) is 41.3. The van der Waals surface area contributed by atoms with Crippen LogP contribution in [0, 0.1) is 0 Å². The van der Waals surface area contributed by atoms with Gasteiger partial charge in [-0.25, -0.2) is 0 Å². The van der Waals surface area contributed by atoms with Gasteiger partial charge < -0.3 is 154 Å². The third-order valence-electron chi connectivity index (χ3n) is 10.3. The molecule has 0 spiro atoms. The Bertz CT molecular complexity index is 1640. The molecule has 0 bridgehead atoms. The molecule has 5 atom stereocenters. The van der Waals surface area contributed by atoms with Crippen LogP contribution in [0.15, 0.2) is 0 Å². The van der Waals surface area contributed by atoms with E-state index in [1.165, 1.54) is 26.2 Å². The molecule has 0 aliphatic rings. The van der Waals surface area contributed by atoms with E-state index >= 15 is 0 Å². The highest BCUT2D eigenvalue weighted by Crippen LogP contribution is 2.51. The Hall–Kier alpha value is 6.23. The molecule has 41 radical (unpaired) electrons. The Morgan fingerprint density at radius 2 is 0.667 bits per heavy atom. The molecule has 69 heteroatoms. The summed E-state index contributed by atoms with van der Waals surface area (Å²) in [6.07, 6.45) is 0. The van der Waals surface area contributed by atoms with Crippen molar-refractivity contribution in [2.45, 2.75) is 58.9 Å². The van der Waals surface area contributed by atoms with Crippen LogP contribution in [0.1, 0.15) is 0 Å². The van der Waals surface area contributed by atoms with Gasteiger partial charge in [0.05, 0.1) is 8.31 Å². The fourth-order valence-electron chi connectivity index (χ4n) is 6.97. The fourth-order valence-corrected chi connectivity index (χ4v) is 409. The van der Waals surface area contributed by atoms with E-state index in [0.29, 0.717) is 0 Å². The first kappa shape index (κ1) is 84.2. The van der Waals surface area contributed by atoms with Crippen molar-refractivity contribution in [3.63, 3.8) is 0 Å². The SMILES string of the molecule is C[Si](C)[Si](C)(O)[Si](O[Si]O)([Si]O)[Si](O[Si](O[Si]O)([Si]O)[Si]O)([Si](O[Si]O)([Si]O)[Si]O)[Si](O[SiH](C)O[Si](C)(C)C)(O[Si](O[Si](O[Si]O)([Si]O)[Si]O)([Si](O[Si]O)([Si]O)[Si]O)[Si](O[Si]O)([Si]O)[Si]O)[Si](C)(C)O[Si](O[Si]O)([Si]O)[Si]O. The summed E-state index contributed by atoms with van der Waals surface area (Å²) >= 11 is 0. The molecule has 78 heavy (non-hydrogen) atoms. The van der Waals surface area contributed by atoms with Gasteiger partial charge in [-0.05, 0) is 45.8 Å². The Morgan fingerprint density at radius 1 is 0.346 bits per heavy atom. The monoisotopic (exact) mass is 1680 g/mol. The third-order valence-corrected chi connectivity index (χ3v) is 257. The maximum atomic E-state index is 13.9. The average Bonchev–Trinajstić information content (AvgIpc) is 3.40. The maximum Gasteiger partial charge on any atom is 0.420 e. The molecule has 0 aromatic heterocycles. The van der Waals surface area contributed by atoms with Gasteiger partial charge in [-0.15, -0.1) is 0 Å². The first-order chi connectivity index (χ1) is 36.3. The van der Waals surface area contributed by atoms with Crippen LogP contribution < -0.4 is 0 Å². The molecule has 0 rings (SSSR count). The van der Waals surface area contributed by atoms with Crippen LogP contribution in [-0.2, 0) is 53.5 Å². The minimum atomic E-state index is -6.78. The minimum Gasteiger partial charge on any atom is -0.439 e. The first-order valence-electron chi connectivity index (χ1n) is 19.9. The van der Waals surface area contributed by atoms with Gasteiger partial charge in [0.15, 0.2) is 15.7 Å². The molecule has 0 saturated carbocycles. The molecule has 0 aromatic carbocycles. The highest BCUT2D eigenvalue weighted by Gasteiger charge is 2.95.